The van der Waals surface area contributed by atoms with Crippen LogP contribution in [-0.4, -0.2) is 54.8 Å². The number of methoxy groups -OCH3 is 1. The minimum absolute atomic E-state index is 0.0270. The summed E-state index contributed by atoms with van der Waals surface area (Å²) in [5.41, 5.74) is 0.363. The molecule has 122 valence electrons. The molecule has 0 aliphatic rings. The summed E-state index contributed by atoms with van der Waals surface area (Å²) in [5.74, 6) is -0.901. The van der Waals surface area contributed by atoms with Crippen LogP contribution in [0, 0.1) is 0 Å². The molecule has 0 radical (unpaired) electrons. The second-order valence-electron chi connectivity index (χ2n) is 4.96. The van der Waals surface area contributed by atoms with Gasteiger partial charge in [0, 0.05) is 23.7 Å². The fourth-order valence-corrected chi connectivity index (χ4v) is 2.30. The van der Waals surface area contributed by atoms with E-state index >= 15 is 0 Å². The third-order valence-electron chi connectivity index (χ3n) is 2.67. The smallest absolute Gasteiger partial charge is 0.323 e. The highest BCUT2D eigenvalue weighted by atomic mass is 79.9. The van der Waals surface area contributed by atoms with Gasteiger partial charge in [0.1, 0.15) is 12.3 Å². The number of carboxylic acid groups (broad SMARTS) is 1. The Kier molecular flexibility index (Phi) is 7.34. The highest BCUT2D eigenvalue weighted by Crippen LogP contribution is 2.23. The highest BCUT2D eigenvalue weighted by molar-refractivity contribution is 9.10. The number of carbonyl (C=O) groups is 2. The van der Waals surface area contributed by atoms with E-state index in [0.717, 1.165) is 0 Å². The van der Waals surface area contributed by atoms with E-state index in [0.29, 0.717) is 15.8 Å². The number of carboxylic acids is 1. The minimum atomic E-state index is -1.07. The first kappa shape index (κ1) is 18.4. The number of benzene rings is 1. The third kappa shape index (κ3) is 6.03. The maximum absolute atomic E-state index is 12.5. The lowest BCUT2D eigenvalue weighted by Crippen LogP contribution is -2.38. The molecule has 1 aromatic carbocycles. The van der Waals surface area contributed by atoms with Crippen molar-refractivity contribution in [3.05, 3.63) is 28.2 Å². The van der Waals surface area contributed by atoms with E-state index in [4.69, 9.17) is 14.6 Å². The molecule has 0 aliphatic heterocycles. The number of hydrogen-bond acceptors (Lipinski definition) is 4. The van der Waals surface area contributed by atoms with Gasteiger partial charge in [0.15, 0.2) is 0 Å². The van der Waals surface area contributed by atoms with Crippen LogP contribution in [0.25, 0.3) is 0 Å². The fraction of sp³-hybridized carbons (Fsp3) is 0.467. The number of amides is 1. The van der Waals surface area contributed by atoms with Crippen LogP contribution >= 0.6 is 15.9 Å². The molecule has 7 heteroatoms. The van der Waals surface area contributed by atoms with Crippen molar-refractivity contribution in [1.29, 1.82) is 0 Å². The summed E-state index contributed by atoms with van der Waals surface area (Å²) in [6, 6.07) is 5.00. The Balaban J connectivity index is 3.01. The molecular formula is C15H20BrNO5. The Labute approximate surface area is 138 Å². The van der Waals surface area contributed by atoms with Crippen molar-refractivity contribution in [2.24, 2.45) is 0 Å². The van der Waals surface area contributed by atoms with E-state index < -0.39 is 5.97 Å². The zero-order chi connectivity index (χ0) is 16.7. The van der Waals surface area contributed by atoms with E-state index in [9.17, 15) is 9.59 Å². The Hall–Kier alpha value is -1.60. The zero-order valence-corrected chi connectivity index (χ0v) is 14.4. The van der Waals surface area contributed by atoms with E-state index in [1.165, 1.54) is 12.0 Å². The predicted molar refractivity (Wildman–Crippen MR) is 85.3 cm³/mol. The predicted octanol–water partition coefficient (Wildman–Crippen LogP) is 2.41. The van der Waals surface area contributed by atoms with Gasteiger partial charge in [-0.3, -0.25) is 9.59 Å². The molecule has 0 bridgehead atoms. The Bertz CT molecular complexity index is 533. The van der Waals surface area contributed by atoms with Crippen LogP contribution in [0.3, 0.4) is 0 Å². The molecule has 1 amide bonds. The summed E-state index contributed by atoms with van der Waals surface area (Å²) >= 11 is 3.33. The molecule has 0 fully saturated rings. The van der Waals surface area contributed by atoms with Crippen LogP contribution in [0.4, 0.5) is 0 Å². The van der Waals surface area contributed by atoms with Crippen molar-refractivity contribution < 1.29 is 24.2 Å². The Morgan fingerprint density at radius 2 is 2.00 bits per heavy atom. The lowest BCUT2D eigenvalue weighted by atomic mass is 10.2. The third-order valence-corrected chi connectivity index (χ3v) is 3.13. The van der Waals surface area contributed by atoms with Crippen LogP contribution in [0.2, 0.25) is 0 Å². The van der Waals surface area contributed by atoms with E-state index in [1.807, 2.05) is 13.8 Å². The molecule has 1 rings (SSSR count). The number of nitrogens with zero attached hydrogens (tertiary/aromatic N) is 1. The number of ether oxygens (including phenoxy) is 2. The van der Waals surface area contributed by atoms with E-state index in [-0.39, 0.29) is 31.7 Å². The first-order valence-corrected chi connectivity index (χ1v) is 7.60. The van der Waals surface area contributed by atoms with Crippen LogP contribution in [0.5, 0.6) is 5.75 Å². The summed E-state index contributed by atoms with van der Waals surface area (Å²) in [4.78, 5) is 24.7. The zero-order valence-electron chi connectivity index (χ0n) is 12.8. The van der Waals surface area contributed by atoms with E-state index in [2.05, 4.69) is 15.9 Å². The van der Waals surface area contributed by atoms with Crippen LogP contribution < -0.4 is 4.74 Å². The molecule has 0 atom stereocenters. The molecular weight excluding hydrogens is 354 g/mol. The number of aliphatic carboxylic acids is 1. The second-order valence-corrected chi connectivity index (χ2v) is 5.87. The van der Waals surface area contributed by atoms with Gasteiger partial charge in [0.2, 0.25) is 0 Å². The number of carbonyl (C=O) groups excluding carboxylic acids is 1. The maximum atomic E-state index is 12.5. The summed E-state index contributed by atoms with van der Waals surface area (Å²) in [6.45, 7) is 3.86. The first-order valence-electron chi connectivity index (χ1n) is 6.80. The van der Waals surface area contributed by atoms with E-state index in [1.54, 1.807) is 18.2 Å². The molecule has 6 nitrogen and oxygen atoms in total. The van der Waals surface area contributed by atoms with Crippen LogP contribution in [0.15, 0.2) is 22.7 Å². The Morgan fingerprint density at radius 1 is 1.32 bits per heavy atom. The second kappa shape index (κ2) is 8.75. The molecule has 0 unspecified atom stereocenters. The van der Waals surface area contributed by atoms with Gasteiger partial charge in [-0.2, -0.15) is 0 Å². The van der Waals surface area contributed by atoms with Crippen molar-refractivity contribution in [3.63, 3.8) is 0 Å². The molecule has 22 heavy (non-hydrogen) atoms. The minimum Gasteiger partial charge on any atom is -0.491 e. The van der Waals surface area contributed by atoms with Gasteiger partial charge >= 0.3 is 5.97 Å². The highest BCUT2D eigenvalue weighted by Gasteiger charge is 2.19. The quantitative estimate of drug-likeness (QED) is 0.756. The fourth-order valence-electron chi connectivity index (χ4n) is 1.83. The van der Waals surface area contributed by atoms with Gasteiger partial charge in [0.25, 0.3) is 5.91 Å². The summed E-state index contributed by atoms with van der Waals surface area (Å²) < 4.78 is 11.2. The SMILES string of the molecule is COCCN(CC(=O)O)C(=O)c1cc(Br)cc(OC(C)C)c1. The van der Waals surface area contributed by atoms with Gasteiger partial charge in [-0.25, -0.2) is 0 Å². The monoisotopic (exact) mass is 373 g/mol. The molecule has 0 saturated heterocycles. The summed E-state index contributed by atoms with van der Waals surface area (Å²) in [6.07, 6.45) is -0.0270. The van der Waals surface area contributed by atoms with Gasteiger partial charge in [-0.05, 0) is 32.0 Å². The van der Waals surface area contributed by atoms with Gasteiger partial charge < -0.3 is 19.5 Å². The van der Waals surface area contributed by atoms with Gasteiger partial charge in [-0.1, -0.05) is 15.9 Å². The number of rotatable bonds is 8. The Morgan fingerprint density at radius 3 is 2.55 bits per heavy atom. The molecule has 0 heterocycles. The maximum Gasteiger partial charge on any atom is 0.323 e. The van der Waals surface area contributed by atoms with Gasteiger partial charge in [0.05, 0.1) is 12.7 Å². The number of hydrogen-bond donors (Lipinski definition) is 1. The molecule has 0 aromatic heterocycles. The average molecular weight is 374 g/mol. The molecule has 1 N–H and O–H groups in total. The van der Waals surface area contributed by atoms with Crippen LogP contribution in [-0.2, 0) is 9.53 Å². The lowest BCUT2D eigenvalue weighted by Gasteiger charge is -2.21. The molecule has 0 aliphatic carbocycles. The summed E-state index contributed by atoms with van der Waals surface area (Å²) in [7, 11) is 1.50. The average Bonchev–Trinajstić information content (AvgIpc) is 2.40. The van der Waals surface area contributed by atoms with Crippen LogP contribution in [0.1, 0.15) is 24.2 Å². The standard InChI is InChI=1S/C15H20BrNO5/c1-10(2)22-13-7-11(6-12(16)8-13)15(20)17(4-5-21-3)9-14(18)19/h6-8,10H,4-5,9H2,1-3H3,(H,18,19). The molecule has 0 saturated carbocycles. The lowest BCUT2D eigenvalue weighted by molar-refractivity contribution is -0.137. The largest absolute Gasteiger partial charge is 0.491 e. The summed E-state index contributed by atoms with van der Waals surface area (Å²) in [5, 5.41) is 8.94. The van der Waals surface area contributed by atoms with Crippen molar-refractivity contribution in [3.8, 4) is 5.75 Å². The normalized spacial score (nSPS) is 10.6. The van der Waals surface area contributed by atoms with Gasteiger partial charge in [-0.15, -0.1) is 0 Å². The first-order chi connectivity index (χ1) is 10.3. The number of halogens is 1. The molecule has 1 aromatic rings. The van der Waals surface area contributed by atoms with Crippen molar-refractivity contribution >= 4 is 27.8 Å². The topological polar surface area (TPSA) is 76.1 Å². The molecule has 0 spiro atoms. The van der Waals surface area contributed by atoms with Crippen molar-refractivity contribution in [2.45, 2.75) is 20.0 Å². The van der Waals surface area contributed by atoms with Crippen molar-refractivity contribution in [2.75, 3.05) is 26.8 Å². The van der Waals surface area contributed by atoms with Crippen molar-refractivity contribution in [1.82, 2.24) is 4.90 Å².